The van der Waals surface area contributed by atoms with E-state index in [2.05, 4.69) is 0 Å². The summed E-state index contributed by atoms with van der Waals surface area (Å²) in [6.07, 6.45) is -0.0818. The Labute approximate surface area is 132 Å². The first-order chi connectivity index (χ1) is 10.6. The SMILES string of the molecule is CCN(CC)C(=O)N1CC(c2ccc(OC)cc2)OCC1C. The minimum absolute atomic E-state index is 0.0818. The molecule has 0 bridgehead atoms. The number of urea groups is 1. The number of carbonyl (C=O) groups is 1. The van der Waals surface area contributed by atoms with Gasteiger partial charge in [-0.25, -0.2) is 4.79 Å². The van der Waals surface area contributed by atoms with Crippen molar-refractivity contribution >= 4 is 6.03 Å². The summed E-state index contributed by atoms with van der Waals surface area (Å²) in [5.41, 5.74) is 1.07. The van der Waals surface area contributed by atoms with Crippen LogP contribution in [-0.4, -0.2) is 55.2 Å². The zero-order chi connectivity index (χ0) is 16.1. The largest absolute Gasteiger partial charge is 0.497 e. The van der Waals surface area contributed by atoms with E-state index in [1.54, 1.807) is 7.11 Å². The van der Waals surface area contributed by atoms with E-state index in [0.29, 0.717) is 13.2 Å². The van der Waals surface area contributed by atoms with E-state index in [-0.39, 0.29) is 18.2 Å². The number of methoxy groups -OCH3 is 1. The van der Waals surface area contributed by atoms with Gasteiger partial charge in [-0.1, -0.05) is 12.1 Å². The lowest BCUT2D eigenvalue weighted by Crippen LogP contribution is -2.53. The molecular weight excluding hydrogens is 280 g/mol. The Morgan fingerprint density at radius 1 is 1.32 bits per heavy atom. The molecule has 5 nitrogen and oxygen atoms in total. The molecule has 2 rings (SSSR count). The lowest BCUT2D eigenvalue weighted by Gasteiger charge is -2.40. The van der Waals surface area contributed by atoms with Gasteiger partial charge in [0.25, 0.3) is 0 Å². The molecule has 122 valence electrons. The minimum atomic E-state index is -0.0818. The Bertz CT molecular complexity index is 485. The molecule has 0 aliphatic carbocycles. The Morgan fingerprint density at radius 3 is 2.50 bits per heavy atom. The highest BCUT2D eigenvalue weighted by Crippen LogP contribution is 2.27. The fourth-order valence-electron chi connectivity index (χ4n) is 2.72. The van der Waals surface area contributed by atoms with Crippen LogP contribution in [0.2, 0.25) is 0 Å². The third-order valence-electron chi connectivity index (χ3n) is 4.20. The van der Waals surface area contributed by atoms with Gasteiger partial charge in [0.05, 0.1) is 26.3 Å². The van der Waals surface area contributed by atoms with E-state index < -0.39 is 0 Å². The molecule has 0 saturated carbocycles. The zero-order valence-electron chi connectivity index (χ0n) is 13.9. The van der Waals surface area contributed by atoms with Crippen molar-refractivity contribution in [2.45, 2.75) is 32.9 Å². The van der Waals surface area contributed by atoms with Gasteiger partial charge >= 0.3 is 6.03 Å². The predicted molar refractivity (Wildman–Crippen MR) is 86.2 cm³/mol. The van der Waals surface area contributed by atoms with Crippen LogP contribution in [0.25, 0.3) is 0 Å². The molecule has 0 radical (unpaired) electrons. The van der Waals surface area contributed by atoms with E-state index in [9.17, 15) is 4.79 Å². The van der Waals surface area contributed by atoms with Gasteiger partial charge in [0.2, 0.25) is 0 Å². The van der Waals surface area contributed by atoms with Crippen LogP contribution < -0.4 is 4.74 Å². The van der Waals surface area contributed by atoms with Crippen LogP contribution in [0.3, 0.4) is 0 Å². The molecule has 0 aromatic heterocycles. The van der Waals surface area contributed by atoms with Crippen LogP contribution in [0.1, 0.15) is 32.4 Å². The molecule has 1 aliphatic heterocycles. The maximum Gasteiger partial charge on any atom is 0.320 e. The summed E-state index contributed by atoms with van der Waals surface area (Å²) in [5.74, 6) is 0.823. The fourth-order valence-corrected chi connectivity index (χ4v) is 2.72. The second-order valence-corrected chi connectivity index (χ2v) is 5.55. The Hall–Kier alpha value is -1.75. The van der Waals surface area contributed by atoms with Crippen molar-refractivity contribution in [3.63, 3.8) is 0 Å². The summed E-state index contributed by atoms with van der Waals surface area (Å²) in [6.45, 7) is 8.65. The molecule has 1 fully saturated rings. The number of morpholine rings is 1. The Balaban J connectivity index is 2.11. The first kappa shape index (κ1) is 16.6. The van der Waals surface area contributed by atoms with Gasteiger partial charge in [0.1, 0.15) is 11.9 Å². The Kier molecular flexibility index (Phi) is 5.66. The summed E-state index contributed by atoms with van der Waals surface area (Å²) in [5, 5.41) is 0. The maximum atomic E-state index is 12.6. The molecule has 1 heterocycles. The second kappa shape index (κ2) is 7.49. The van der Waals surface area contributed by atoms with Crippen LogP contribution in [-0.2, 0) is 4.74 Å². The lowest BCUT2D eigenvalue weighted by atomic mass is 10.1. The quantitative estimate of drug-likeness (QED) is 0.859. The van der Waals surface area contributed by atoms with Gasteiger partial charge in [-0.2, -0.15) is 0 Å². The van der Waals surface area contributed by atoms with E-state index in [1.807, 2.05) is 54.8 Å². The van der Waals surface area contributed by atoms with Crippen LogP contribution >= 0.6 is 0 Å². The topological polar surface area (TPSA) is 42.0 Å². The molecule has 0 spiro atoms. The number of hydrogen-bond donors (Lipinski definition) is 0. The van der Waals surface area contributed by atoms with Crippen LogP contribution in [0.15, 0.2) is 24.3 Å². The monoisotopic (exact) mass is 306 g/mol. The average Bonchev–Trinajstić information content (AvgIpc) is 2.56. The van der Waals surface area contributed by atoms with Gasteiger partial charge in [-0.05, 0) is 38.5 Å². The molecule has 0 N–H and O–H groups in total. The number of amides is 2. The van der Waals surface area contributed by atoms with Gasteiger partial charge in [0, 0.05) is 13.1 Å². The first-order valence-corrected chi connectivity index (χ1v) is 7.91. The smallest absolute Gasteiger partial charge is 0.320 e. The molecule has 22 heavy (non-hydrogen) atoms. The van der Waals surface area contributed by atoms with Crippen molar-refractivity contribution < 1.29 is 14.3 Å². The van der Waals surface area contributed by atoms with Crippen LogP contribution in [0.5, 0.6) is 5.75 Å². The van der Waals surface area contributed by atoms with Crippen molar-refractivity contribution in [2.24, 2.45) is 0 Å². The minimum Gasteiger partial charge on any atom is -0.497 e. The number of ether oxygens (including phenoxy) is 2. The summed E-state index contributed by atoms with van der Waals surface area (Å²) in [4.78, 5) is 16.4. The van der Waals surface area contributed by atoms with Crippen molar-refractivity contribution in [1.29, 1.82) is 0 Å². The second-order valence-electron chi connectivity index (χ2n) is 5.55. The van der Waals surface area contributed by atoms with Crippen molar-refractivity contribution in [1.82, 2.24) is 9.80 Å². The van der Waals surface area contributed by atoms with E-state index in [1.165, 1.54) is 0 Å². The molecule has 1 aromatic carbocycles. The summed E-state index contributed by atoms with van der Waals surface area (Å²) in [6, 6.07) is 8.04. The van der Waals surface area contributed by atoms with E-state index >= 15 is 0 Å². The number of benzene rings is 1. The highest BCUT2D eigenvalue weighted by atomic mass is 16.5. The molecule has 2 amide bonds. The molecule has 2 atom stereocenters. The zero-order valence-corrected chi connectivity index (χ0v) is 13.9. The first-order valence-electron chi connectivity index (χ1n) is 7.91. The molecule has 2 unspecified atom stereocenters. The standard InChI is InChI=1S/C17H26N2O3/c1-5-18(6-2)17(20)19-11-16(22-12-13(19)3)14-7-9-15(21-4)10-8-14/h7-10,13,16H,5-6,11-12H2,1-4H3. The number of nitrogens with zero attached hydrogens (tertiary/aromatic N) is 2. The number of rotatable bonds is 4. The Morgan fingerprint density at radius 2 is 1.95 bits per heavy atom. The number of carbonyl (C=O) groups excluding carboxylic acids is 1. The molecule has 1 aliphatic rings. The summed E-state index contributed by atoms with van der Waals surface area (Å²) >= 11 is 0. The predicted octanol–water partition coefficient (Wildman–Crippen LogP) is 2.92. The maximum absolute atomic E-state index is 12.6. The highest BCUT2D eigenvalue weighted by molar-refractivity contribution is 5.75. The molecule has 1 aromatic rings. The molecule has 5 heteroatoms. The normalized spacial score (nSPS) is 21.5. The van der Waals surface area contributed by atoms with Gasteiger partial charge in [-0.3, -0.25) is 0 Å². The van der Waals surface area contributed by atoms with E-state index in [4.69, 9.17) is 9.47 Å². The summed E-state index contributed by atoms with van der Waals surface area (Å²) < 4.78 is 11.1. The fraction of sp³-hybridized carbons (Fsp3) is 0.588. The van der Waals surface area contributed by atoms with E-state index in [0.717, 1.165) is 24.4 Å². The van der Waals surface area contributed by atoms with Gasteiger partial charge in [0.15, 0.2) is 0 Å². The third-order valence-corrected chi connectivity index (χ3v) is 4.20. The van der Waals surface area contributed by atoms with Crippen molar-refractivity contribution in [2.75, 3.05) is 33.4 Å². The van der Waals surface area contributed by atoms with Gasteiger partial charge in [-0.15, -0.1) is 0 Å². The molecular formula is C17H26N2O3. The molecule has 1 saturated heterocycles. The van der Waals surface area contributed by atoms with Crippen molar-refractivity contribution in [3.8, 4) is 5.75 Å². The highest BCUT2D eigenvalue weighted by Gasteiger charge is 2.32. The van der Waals surface area contributed by atoms with Crippen LogP contribution in [0, 0.1) is 0 Å². The van der Waals surface area contributed by atoms with Crippen molar-refractivity contribution in [3.05, 3.63) is 29.8 Å². The number of hydrogen-bond acceptors (Lipinski definition) is 3. The van der Waals surface area contributed by atoms with Crippen LogP contribution in [0.4, 0.5) is 4.79 Å². The van der Waals surface area contributed by atoms with Gasteiger partial charge < -0.3 is 19.3 Å². The average molecular weight is 306 g/mol. The lowest BCUT2D eigenvalue weighted by molar-refractivity contribution is -0.0474. The third kappa shape index (κ3) is 3.53. The summed E-state index contributed by atoms with van der Waals surface area (Å²) in [7, 11) is 1.65.